The number of benzene rings is 2. The van der Waals surface area contributed by atoms with Gasteiger partial charge in [0, 0.05) is 5.69 Å². The number of carbonyl (C=O) groups is 1. The second kappa shape index (κ2) is 8.00. The lowest BCUT2D eigenvalue weighted by molar-refractivity contribution is 0.102. The van der Waals surface area contributed by atoms with Gasteiger partial charge in [0.2, 0.25) is 0 Å². The lowest BCUT2D eigenvalue weighted by Gasteiger charge is -2.09. The van der Waals surface area contributed by atoms with Crippen LogP contribution in [0.15, 0.2) is 66.0 Å². The van der Waals surface area contributed by atoms with Gasteiger partial charge in [-0.2, -0.15) is 0 Å². The summed E-state index contributed by atoms with van der Waals surface area (Å²) in [5.41, 5.74) is 0.761. The van der Waals surface area contributed by atoms with Crippen molar-refractivity contribution in [3.8, 4) is 11.5 Å². The minimum Gasteiger partial charge on any atom is -0.457 e. The van der Waals surface area contributed by atoms with Crippen molar-refractivity contribution in [3.63, 3.8) is 0 Å². The molecular formula is C18H14ClN3O2S. The van der Waals surface area contributed by atoms with Gasteiger partial charge in [-0.15, -0.1) is 0 Å². The first-order valence-electron chi connectivity index (χ1n) is 7.36. The van der Waals surface area contributed by atoms with Crippen LogP contribution in [0.2, 0.25) is 5.02 Å². The number of carbonyl (C=O) groups excluding carboxylic acids is 1. The maximum Gasteiger partial charge on any atom is 0.275 e. The van der Waals surface area contributed by atoms with Gasteiger partial charge in [0.05, 0.1) is 11.2 Å². The molecule has 0 atom stereocenters. The highest BCUT2D eigenvalue weighted by Gasteiger charge is 2.14. The van der Waals surface area contributed by atoms with E-state index in [1.807, 2.05) is 36.6 Å². The minimum atomic E-state index is -0.389. The second-order valence-corrected chi connectivity index (χ2v) is 6.13. The van der Waals surface area contributed by atoms with Crippen LogP contribution in [-0.4, -0.2) is 22.1 Å². The first-order valence-corrected chi connectivity index (χ1v) is 8.97. The molecule has 0 spiro atoms. The summed E-state index contributed by atoms with van der Waals surface area (Å²) in [4.78, 5) is 20.5. The van der Waals surface area contributed by atoms with Crippen LogP contribution in [0.5, 0.6) is 11.5 Å². The van der Waals surface area contributed by atoms with Gasteiger partial charge in [0.15, 0.2) is 10.9 Å². The van der Waals surface area contributed by atoms with E-state index in [1.54, 1.807) is 24.3 Å². The number of thioether (sulfide) groups is 1. The third-order valence-electron chi connectivity index (χ3n) is 3.21. The number of amides is 1. The van der Waals surface area contributed by atoms with Gasteiger partial charge in [0.1, 0.15) is 11.5 Å². The molecule has 0 radical (unpaired) electrons. The summed E-state index contributed by atoms with van der Waals surface area (Å²) in [5, 5.41) is 3.46. The Morgan fingerprint density at radius 1 is 1.08 bits per heavy atom. The van der Waals surface area contributed by atoms with Crippen LogP contribution >= 0.6 is 23.4 Å². The third kappa shape index (κ3) is 4.49. The highest BCUT2D eigenvalue weighted by molar-refractivity contribution is 7.98. The van der Waals surface area contributed by atoms with Crippen LogP contribution in [0.1, 0.15) is 10.5 Å². The first-order chi connectivity index (χ1) is 12.2. The van der Waals surface area contributed by atoms with E-state index in [-0.39, 0.29) is 16.6 Å². The molecule has 3 aromatic rings. The highest BCUT2D eigenvalue weighted by atomic mass is 35.5. The zero-order valence-corrected chi connectivity index (χ0v) is 14.8. The molecule has 0 fully saturated rings. The van der Waals surface area contributed by atoms with E-state index in [0.29, 0.717) is 16.6 Å². The Labute approximate surface area is 154 Å². The molecule has 3 rings (SSSR count). The first kappa shape index (κ1) is 17.3. The van der Waals surface area contributed by atoms with E-state index in [1.165, 1.54) is 18.0 Å². The van der Waals surface area contributed by atoms with Crippen LogP contribution in [0.3, 0.4) is 0 Å². The smallest absolute Gasteiger partial charge is 0.275 e. The Bertz CT molecular complexity index is 873. The SMILES string of the molecule is CSc1ncc(Cl)c(C(=O)Nc2ccc(Oc3ccccc3)cc2)n1. The molecular weight excluding hydrogens is 358 g/mol. The van der Waals surface area contributed by atoms with Gasteiger partial charge >= 0.3 is 0 Å². The number of ether oxygens (including phenoxy) is 1. The van der Waals surface area contributed by atoms with E-state index in [0.717, 1.165) is 5.75 Å². The fourth-order valence-corrected chi connectivity index (χ4v) is 2.55. The zero-order chi connectivity index (χ0) is 17.6. The predicted molar refractivity (Wildman–Crippen MR) is 99.7 cm³/mol. The molecule has 0 bridgehead atoms. The normalized spacial score (nSPS) is 10.3. The molecule has 2 aromatic carbocycles. The van der Waals surface area contributed by atoms with Gasteiger partial charge in [-0.3, -0.25) is 4.79 Å². The van der Waals surface area contributed by atoms with Crippen molar-refractivity contribution in [2.24, 2.45) is 0 Å². The van der Waals surface area contributed by atoms with E-state index in [2.05, 4.69) is 15.3 Å². The molecule has 25 heavy (non-hydrogen) atoms. The van der Waals surface area contributed by atoms with E-state index in [9.17, 15) is 4.79 Å². The predicted octanol–water partition coefficient (Wildman–Crippen LogP) is 4.90. The number of anilines is 1. The van der Waals surface area contributed by atoms with Crippen molar-refractivity contribution in [1.82, 2.24) is 9.97 Å². The Hall–Kier alpha value is -2.57. The van der Waals surface area contributed by atoms with Crippen molar-refractivity contribution in [2.75, 3.05) is 11.6 Å². The molecule has 0 saturated heterocycles. The monoisotopic (exact) mass is 371 g/mol. The van der Waals surface area contributed by atoms with Crippen LogP contribution < -0.4 is 10.1 Å². The molecule has 1 amide bonds. The number of nitrogens with one attached hydrogen (secondary N) is 1. The number of nitrogens with zero attached hydrogens (tertiary/aromatic N) is 2. The molecule has 126 valence electrons. The lowest BCUT2D eigenvalue weighted by Crippen LogP contribution is -2.15. The summed E-state index contributed by atoms with van der Waals surface area (Å²) in [6.07, 6.45) is 3.25. The number of para-hydroxylation sites is 1. The molecule has 1 N–H and O–H groups in total. The summed E-state index contributed by atoms with van der Waals surface area (Å²) >= 11 is 7.36. The lowest BCUT2D eigenvalue weighted by atomic mass is 10.3. The minimum absolute atomic E-state index is 0.144. The maximum atomic E-state index is 12.4. The van der Waals surface area contributed by atoms with Crippen molar-refractivity contribution >= 4 is 35.0 Å². The summed E-state index contributed by atoms with van der Waals surface area (Å²) in [6, 6.07) is 16.5. The largest absolute Gasteiger partial charge is 0.457 e. The molecule has 1 heterocycles. The number of aromatic nitrogens is 2. The molecule has 0 aliphatic carbocycles. The fourth-order valence-electron chi connectivity index (χ4n) is 2.03. The van der Waals surface area contributed by atoms with E-state index < -0.39 is 0 Å². The quantitative estimate of drug-likeness (QED) is 0.510. The second-order valence-electron chi connectivity index (χ2n) is 4.95. The molecule has 5 nitrogen and oxygen atoms in total. The van der Waals surface area contributed by atoms with Crippen molar-refractivity contribution in [1.29, 1.82) is 0 Å². The summed E-state index contributed by atoms with van der Waals surface area (Å²) in [6.45, 7) is 0. The van der Waals surface area contributed by atoms with Gasteiger partial charge < -0.3 is 10.1 Å². The summed E-state index contributed by atoms with van der Waals surface area (Å²) < 4.78 is 5.72. The summed E-state index contributed by atoms with van der Waals surface area (Å²) in [7, 11) is 0. The van der Waals surface area contributed by atoms with Crippen LogP contribution in [0.4, 0.5) is 5.69 Å². The molecule has 0 unspecified atom stereocenters. The molecule has 0 aliphatic rings. The molecule has 7 heteroatoms. The molecule has 1 aromatic heterocycles. The Morgan fingerprint density at radius 3 is 2.44 bits per heavy atom. The van der Waals surface area contributed by atoms with Gasteiger partial charge in [-0.1, -0.05) is 41.6 Å². The Morgan fingerprint density at radius 2 is 1.76 bits per heavy atom. The zero-order valence-electron chi connectivity index (χ0n) is 13.3. The van der Waals surface area contributed by atoms with E-state index >= 15 is 0 Å². The van der Waals surface area contributed by atoms with Gasteiger partial charge in [0.25, 0.3) is 5.91 Å². The van der Waals surface area contributed by atoms with Crippen LogP contribution in [0, 0.1) is 0 Å². The number of rotatable bonds is 5. The van der Waals surface area contributed by atoms with Crippen LogP contribution in [-0.2, 0) is 0 Å². The van der Waals surface area contributed by atoms with Gasteiger partial charge in [-0.05, 0) is 42.7 Å². The third-order valence-corrected chi connectivity index (χ3v) is 4.05. The van der Waals surface area contributed by atoms with Crippen LogP contribution in [0.25, 0.3) is 0 Å². The molecule has 0 saturated carbocycles. The van der Waals surface area contributed by atoms with Crippen molar-refractivity contribution < 1.29 is 9.53 Å². The topological polar surface area (TPSA) is 64.1 Å². The molecule has 0 aliphatic heterocycles. The average molecular weight is 372 g/mol. The fraction of sp³-hybridized carbons (Fsp3) is 0.0556. The number of hydrogen-bond acceptors (Lipinski definition) is 5. The Balaban J connectivity index is 1.70. The van der Waals surface area contributed by atoms with E-state index in [4.69, 9.17) is 16.3 Å². The number of halogens is 1. The number of hydrogen-bond donors (Lipinski definition) is 1. The van der Waals surface area contributed by atoms with Crippen molar-refractivity contribution in [3.05, 3.63) is 71.5 Å². The standard InChI is InChI=1S/C18H14ClN3O2S/c1-25-18-20-11-15(19)16(22-18)17(23)21-12-7-9-14(10-8-12)24-13-5-3-2-4-6-13/h2-11H,1H3,(H,21,23). The van der Waals surface area contributed by atoms with Gasteiger partial charge in [-0.25, -0.2) is 9.97 Å². The maximum absolute atomic E-state index is 12.4. The summed E-state index contributed by atoms with van der Waals surface area (Å²) in [5.74, 6) is 1.03. The highest BCUT2D eigenvalue weighted by Crippen LogP contribution is 2.23. The Kier molecular flexibility index (Phi) is 5.53. The average Bonchev–Trinajstić information content (AvgIpc) is 2.64. The van der Waals surface area contributed by atoms with Crippen molar-refractivity contribution in [2.45, 2.75) is 5.16 Å².